The molecule has 1 heterocycles. The summed E-state index contributed by atoms with van der Waals surface area (Å²) in [6.45, 7) is 1.80. The van der Waals surface area contributed by atoms with E-state index in [4.69, 9.17) is 13.0 Å². The molecule has 0 spiro atoms. The SMILES string of the molecule is CC1=Cc2cc([As](=O)(O)O)ccc2ON1. The zero-order valence-electron chi connectivity index (χ0n) is 7.97. The van der Waals surface area contributed by atoms with Crippen molar-refractivity contribution >= 4 is 24.6 Å². The van der Waals surface area contributed by atoms with Gasteiger partial charge in [0, 0.05) is 0 Å². The van der Waals surface area contributed by atoms with Crippen LogP contribution in [0.4, 0.5) is 0 Å². The number of hydrogen-bond donors (Lipinski definition) is 3. The molecule has 2 rings (SSSR count). The number of hydrogen-bond acceptors (Lipinski definition) is 3. The molecule has 0 unspecified atom stereocenters. The molecule has 0 radical (unpaired) electrons. The van der Waals surface area contributed by atoms with Gasteiger partial charge in [-0.1, -0.05) is 0 Å². The second kappa shape index (κ2) is 3.45. The first-order valence-electron chi connectivity index (χ1n) is 4.28. The normalized spacial score (nSPS) is 14.7. The molecular formula is C9H10AsNO4. The Morgan fingerprint density at radius 3 is 2.80 bits per heavy atom. The third-order valence-electron chi connectivity index (χ3n) is 2.02. The van der Waals surface area contributed by atoms with Crippen LogP contribution in [0.3, 0.4) is 0 Å². The van der Waals surface area contributed by atoms with Gasteiger partial charge in [-0.05, 0) is 0 Å². The summed E-state index contributed by atoms with van der Waals surface area (Å²) in [5.41, 5.74) is 4.13. The molecule has 0 bridgehead atoms. The molecule has 0 atom stereocenters. The molecule has 0 amide bonds. The van der Waals surface area contributed by atoms with Crippen LogP contribution in [0, 0.1) is 0 Å². The number of benzene rings is 1. The first-order chi connectivity index (χ1) is 6.97. The average Bonchev–Trinajstić information content (AvgIpc) is 2.15. The Labute approximate surface area is 89.3 Å². The number of fused-ring (bicyclic) bond motifs is 1. The fraction of sp³-hybridized carbons (Fsp3) is 0.111. The first-order valence-corrected chi connectivity index (χ1v) is 7.66. The molecule has 3 N–H and O–H groups in total. The molecule has 0 saturated carbocycles. The van der Waals surface area contributed by atoms with Crippen molar-refractivity contribution in [2.75, 3.05) is 0 Å². The molecule has 15 heavy (non-hydrogen) atoms. The van der Waals surface area contributed by atoms with Gasteiger partial charge in [-0.3, -0.25) is 0 Å². The molecule has 1 aromatic carbocycles. The van der Waals surface area contributed by atoms with Crippen molar-refractivity contribution in [3.05, 3.63) is 29.5 Å². The standard InChI is InChI=1S/C9H10AsNO4/c1-6-4-7-5-8(10(12,13)14)2-3-9(7)15-11-6/h2-5,11H,1H3,(H2,12,13,14). The second-order valence-electron chi connectivity index (χ2n) is 3.30. The summed E-state index contributed by atoms with van der Waals surface area (Å²) in [7, 11) is 0. The number of allylic oxidation sites excluding steroid dienone is 1. The summed E-state index contributed by atoms with van der Waals surface area (Å²) in [6.07, 6.45) is 1.77. The van der Waals surface area contributed by atoms with Crippen molar-refractivity contribution in [3.8, 4) is 5.75 Å². The number of hydroxylamine groups is 1. The van der Waals surface area contributed by atoms with Gasteiger partial charge in [-0.25, -0.2) is 0 Å². The van der Waals surface area contributed by atoms with E-state index in [1.54, 1.807) is 19.1 Å². The Bertz CT molecular complexity index is 477. The van der Waals surface area contributed by atoms with Gasteiger partial charge < -0.3 is 0 Å². The monoisotopic (exact) mass is 271 g/mol. The van der Waals surface area contributed by atoms with E-state index in [0.29, 0.717) is 11.3 Å². The average molecular weight is 271 g/mol. The van der Waals surface area contributed by atoms with E-state index in [1.165, 1.54) is 12.1 Å². The summed E-state index contributed by atoms with van der Waals surface area (Å²) in [5, 5.41) is 0. The van der Waals surface area contributed by atoms with Gasteiger partial charge >= 0.3 is 89.0 Å². The van der Waals surface area contributed by atoms with E-state index < -0.39 is 14.2 Å². The Morgan fingerprint density at radius 1 is 1.40 bits per heavy atom. The van der Waals surface area contributed by atoms with Crippen LogP contribution < -0.4 is 14.7 Å². The number of nitrogens with one attached hydrogen (secondary N) is 1. The van der Waals surface area contributed by atoms with Crippen molar-refractivity contribution in [2.24, 2.45) is 0 Å². The molecule has 0 aromatic heterocycles. The van der Waals surface area contributed by atoms with Gasteiger partial charge in [0.05, 0.1) is 0 Å². The third-order valence-corrected chi connectivity index (χ3v) is 4.02. The number of rotatable bonds is 1. The van der Waals surface area contributed by atoms with Crippen LogP contribution in [-0.2, 0) is 3.74 Å². The minimum atomic E-state index is -4.80. The predicted octanol–water partition coefficient (Wildman–Crippen LogP) is -0.495. The van der Waals surface area contributed by atoms with E-state index in [1.807, 2.05) is 0 Å². The van der Waals surface area contributed by atoms with Crippen molar-refractivity contribution in [3.63, 3.8) is 0 Å². The van der Waals surface area contributed by atoms with E-state index in [9.17, 15) is 3.74 Å². The minimum absolute atomic E-state index is 0.0569. The summed E-state index contributed by atoms with van der Waals surface area (Å²) in [4.78, 5) is 5.14. The van der Waals surface area contributed by atoms with Crippen LogP contribution in [0.5, 0.6) is 5.75 Å². The molecular weight excluding hydrogens is 261 g/mol. The van der Waals surface area contributed by atoms with Crippen molar-refractivity contribution in [1.82, 2.24) is 5.48 Å². The zero-order chi connectivity index (χ0) is 11.1. The van der Waals surface area contributed by atoms with Gasteiger partial charge in [0.25, 0.3) is 0 Å². The van der Waals surface area contributed by atoms with Crippen molar-refractivity contribution < 1.29 is 16.8 Å². The summed E-state index contributed by atoms with van der Waals surface area (Å²) in [5.74, 6) is 0.563. The Balaban J connectivity index is 2.52. The molecule has 0 saturated heterocycles. The molecule has 0 aliphatic carbocycles. The van der Waals surface area contributed by atoms with Crippen molar-refractivity contribution in [1.29, 1.82) is 0 Å². The van der Waals surface area contributed by atoms with E-state index in [2.05, 4.69) is 5.48 Å². The fourth-order valence-corrected chi connectivity index (χ4v) is 2.53. The first kappa shape index (κ1) is 10.4. The summed E-state index contributed by atoms with van der Waals surface area (Å²) >= 11 is -4.80. The molecule has 0 fully saturated rings. The van der Waals surface area contributed by atoms with Gasteiger partial charge in [-0.2, -0.15) is 0 Å². The maximum absolute atomic E-state index is 11.1. The molecule has 1 aliphatic rings. The molecule has 6 heteroatoms. The van der Waals surface area contributed by atoms with E-state index in [-0.39, 0.29) is 4.35 Å². The topological polar surface area (TPSA) is 78.8 Å². The Morgan fingerprint density at radius 2 is 2.13 bits per heavy atom. The third kappa shape index (κ3) is 2.09. The maximum atomic E-state index is 11.1. The van der Waals surface area contributed by atoms with Crippen LogP contribution in [0.1, 0.15) is 12.5 Å². The van der Waals surface area contributed by atoms with Crippen LogP contribution >= 0.6 is 0 Å². The van der Waals surface area contributed by atoms with E-state index in [0.717, 1.165) is 5.70 Å². The Kier molecular flexibility index (Phi) is 2.38. The summed E-state index contributed by atoms with van der Waals surface area (Å²) < 4.78 is 29.2. The summed E-state index contributed by atoms with van der Waals surface area (Å²) in [6, 6.07) is 4.38. The predicted molar refractivity (Wildman–Crippen MR) is 54.4 cm³/mol. The van der Waals surface area contributed by atoms with Crippen LogP contribution in [0.15, 0.2) is 23.9 Å². The Hall–Kier alpha value is -1.16. The quantitative estimate of drug-likeness (QED) is 0.600. The van der Waals surface area contributed by atoms with Crippen LogP contribution in [-0.4, -0.2) is 22.4 Å². The van der Waals surface area contributed by atoms with Crippen LogP contribution in [0.2, 0.25) is 0 Å². The molecule has 5 nitrogen and oxygen atoms in total. The second-order valence-corrected chi connectivity index (χ2v) is 6.66. The fourth-order valence-electron chi connectivity index (χ4n) is 1.32. The van der Waals surface area contributed by atoms with E-state index >= 15 is 0 Å². The molecule has 80 valence electrons. The molecule has 1 aliphatic heterocycles. The van der Waals surface area contributed by atoms with Gasteiger partial charge in [0.15, 0.2) is 0 Å². The zero-order valence-corrected chi connectivity index (χ0v) is 9.84. The van der Waals surface area contributed by atoms with Gasteiger partial charge in [0.1, 0.15) is 0 Å². The van der Waals surface area contributed by atoms with Crippen molar-refractivity contribution in [2.45, 2.75) is 6.92 Å². The molecule has 1 aromatic rings. The van der Waals surface area contributed by atoms with Gasteiger partial charge in [-0.15, -0.1) is 0 Å². The van der Waals surface area contributed by atoms with Gasteiger partial charge in [0.2, 0.25) is 0 Å². The van der Waals surface area contributed by atoms with Crippen LogP contribution in [0.25, 0.3) is 6.08 Å².